The van der Waals surface area contributed by atoms with Gasteiger partial charge < -0.3 is 15.8 Å². The molecular weight excluding hydrogens is 308 g/mol. The van der Waals surface area contributed by atoms with E-state index in [-0.39, 0.29) is 0 Å². The highest BCUT2D eigenvalue weighted by Gasteiger charge is 2.20. The molecule has 0 aromatic heterocycles. The van der Waals surface area contributed by atoms with E-state index in [4.69, 9.17) is 10.5 Å². The Kier molecular flexibility index (Phi) is 5.31. The zero-order chi connectivity index (χ0) is 17.7. The lowest BCUT2D eigenvalue weighted by molar-refractivity contribution is -0.123. The van der Waals surface area contributed by atoms with Gasteiger partial charge in [0.2, 0.25) is 5.91 Å². The predicted octanol–water partition coefficient (Wildman–Crippen LogP) is 2.28. The number of ether oxygens (including phenoxy) is 1. The van der Waals surface area contributed by atoms with Crippen LogP contribution in [0.25, 0.3) is 0 Å². The van der Waals surface area contributed by atoms with Gasteiger partial charge in [0.15, 0.2) is 6.10 Å². The fraction of sp³-hybridized carbons (Fsp3) is 0.167. The molecule has 1 atom stereocenters. The summed E-state index contributed by atoms with van der Waals surface area (Å²) in [4.78, 5) is 35.2. The van der Waals surface area contributed by atoms with Crippen LogP contribution in [0.2, 0.25) is 0 Å². The molecule has 6 nitrogen and oxygen atoms in total. The number of esters is 1. The third kappa shape index (κ3) is 4.19. The van der Waals surface area contributed by atoms with Gasteiger partial charge in [0.1, 0.15) is 0 Å². The van der Waals surface area contributed by atoms with Crippen LogP contribution in [-0.2, 0) is 9.53 Å². The highest BCUT2D eigenvalue weighted by atomic mass is 16.5. The number of aryl methyl sites for hydroxylation is 1. The summed E-state index contributed by atoms with van der Waals surface area (Å²) in [5, 5.41) is 2.61. The molecule has 0 spiro atoms. The van der Waals surface area contributed by atoms with E-state index in [1.807, 2.05) is 6.07 Å². The van der Waals surface area contributed by atoms with E-state index in [2.05, 4.69) is 5.32 Å². The smallest absolute Gasteiger partial charge is 0.339 e. The van der Waals surface area contributed by atoms with Crippen molar-refractivity contribution in [2.75, 3.05) is 5.32 Å². The van der Waals surface area contributed by atoms with E-state index in [1.165, 1.54) is 19.1 Å². The second-order valence-corrected chi connectivity index (χ2v) is 5.29. The predicted molar refractivity (Wildman–Crippen MR) is 89.6 cm³/mol. The average molecular weight is 326 g/mol. The van der Waals surface area contributed by atoms with Crippen molar-refractivity contribution in [1.29, 1.82) is 0 Å². The lowest BCUT2D eigenvalue weighted by Gasteiger charge is -2.14. The molecule has 3 N–H and O–H groups in total. The van der Waals surface area contributed by atoms with Crippen molar-refractivity contribution >= 4 is 23.5 Å². The van der Waals surface area contributed by atoms with Crippen LogP contribution in [0, 0.1) is 6.92 Å². The Labute approximate surface area is 139 Å². The van der Waals surface area contributed by atoms with Crippen LogP contribution < -0.4 is 11.1 Å². The Hall–Kier alpha value is -3.15. The quantitative estimate of drug-likeness (QED) is 0.823. The molecule has 0 aliphatic heterocycles. The first-order valence-corrected chi connectivity index (χ1v) is 7.36. The number of rotatable bonds is 5. The number of carbonyl (C=O) groups is 3. The fourth-order valence-electron chi connectivity index (χ4n) is 2.04. The monoisotopic (exact) mass is 326 g/mol. The summed E-state index contributed by atoms with van der Waals surface area (Å²) in [5.41, 5.74) is 7.16. The van der Waals surface area contributed by atoms with E-state index in [9.17, 15) is 14.4 Å². The summed E-state index contributed by atoms with van der Waals surface area (Å²) in [5.74, 6) is -1.57. The maximum absolute atomic E-state index is 12.1. The lowest BCUT2D eigenvalue weighted by atomic mass is 10.1. The van der Waals surface area contributed by atoms with Gasteiger partial charge in [-0.15, -0.1) is 0 Å². The number of hydrogen-bond donors (Lipinski definition) is 2. The third-order valence-electron chi connectivity index (χ3n) is 3.45. The largest absolute Gasteiger partial charge is 0.449 e. The summed E-state index contributed by atoms with van der Waals surface area (Å²) in [7, 11) is 0. The number of primary amides is 1. The maximum Gasteiger partial charge on any atom is 0.339 e. The van der Waals surface area contributed by atoms with Gasteiger partial charge in [-0.2, -0.15) is 0 Å². The molecule has 0 saturated carbocycles. The Morgan fingerprint density at radius 1 is 1.04 bits per heavy atom. The van der Waals surface area contributed by atoms with Crippen LogP contribution in [-0.4, -0.2) is 23.9 Å². The number of amides is 2. The highest BCUT2D eigenvalue weighted by Crippen LogP contribution is 2.12. The first-order valence-electron chi connectivity index (χ1n) is 7.36. The topological polar surface area (TPSA) is 98.5 Å². The number of nitrogens with two attached hydrogens (primary N) is 1. The summed E-state index contributed by atoms with van der Waals surface area (Å²) < 4.78 is 5.19. The van der Waals surface area contributed by atoms with Crippen LogP contribution >= 0.6 is 0 Å². The summed E-state index contributed by atoms with van der Waals surface area (Å²) in [6.07, 6.45) is -0.965. The summed E-state index contributed by atoms with van der Waals surface area (Å²) in [6.45, 7) is 3.28. The molecule has 0 saturated heterocycles. The highest BCUT2D eigenvalue weighted by molar-refractivity contribution is 5.98. The molecule has 0 aliphatic rings. The zero-order valence-corrected chi connectivity index (χ0v) is 13.4. The van der Waals surface area contributed by atoms with Crippen molar-refractivity contribution in [2.24, 2.45) is 5.73 Å². The molecule has 2 aromatic rings. The van der Waals surface area contributed by atoms with Crippen molar-refractivity contribution in [1.82, 2.24) is 0 Å². The molecule has 2 rings (SSSR count). The second kappa shape index (κ2) is 7.41. The van der Waals surface area contributed by atoms with Crippen molar-refractivity contribution in [3.63, 3.8) is 0 Å². The van der Waals surface area contributed by atoms with Gasteiger partial charge in [-0.25, -0.2) is 4.79 Å². The summed E-state index contributed by atoms with van der Waals surface area (Å²) >= 11 is 0. The minimum Gasteiger partial charge on any atom is -0.449 e. The fourth-order valence-corrected chi connectivity index (χ4v) is 2.04. The Morgan fingerprint density at radius 2 is 1.67 bits per heavy atom. The minimum atomic E-state index is -0.965. The first kappa shape index (κ1) is 17.2. The van der Waals surface area contributed by atoms with Gasteiger partial charge in [-0.05, 0) is 49.7 Å². The van der Waals surface area contributed by atoms with E-state index in [1.54, 1.807) is 37.3 Å². The summed E-state index contributed by atoms with van der Waals surface area (Å²) in [6, 6.07) is 13.1. The van der Waals surface area contributed by atoms with Crippen molar-refractivity contribution in [3.8, 4) is 0 Å². The SMILES string of the molecule is Cc1ccccc1C(=O)OC(C)C(=O)Nc1ccc(C(N)=O)cc1. The lowest BCUT2D eigenvalue weighted by Crippen LogP contribution is -2.30. The van der Waals surface area contributed by atoms with Crippen LogP contribution in [0.15, 0.2) is 48.5 Å². The molecule has 2 aromatic carbocycles. The Bertz CT molecular complexity index is 769. The van der Waals surface area contributed by atoms with Crippen LogP contribution in [0.1, 0.15) is 33.2 Å². The minimum absolute atomic E-state index is 0.340. The normalized spacial score (nSPS) is 11.4. The molecule has 24 heavy (non-hydrogen) atoms. The van der Waals surface area contributed by atoms with Crippen molar-refractivity contribution in [2.45, 2.75) is 20.0 Å². The number of nitrogens with one attached hydrogen (secondary N) is 1. The molecule has 0 bridgehead atoms. The third-order valence-corrected chi connectivity index (χ3v) is 3.45. The molecular formula is C18H18N2O4. The molecule has 0 heterocycles. The standard InChI is InChI=1S/C18H18N2O4/c1-11-5-3-4-6-15(11)18(23)24-12(2)17(22)20-14-9-7-13(8-10-14)16(19)21/h3-10,12H,1-2H3,(H2,19,21)(H,20,22). The van der Waals surface area contributed by atoms with Crippen LogP contribution in [0.3, 0.4) is 0 Å². The van der Waals surface area contributed by atoms with Crippen molar-refractivity contribution < 1.29 is 19.1 Å². The molecule has 6 heteroatoms. The molecule has 124 valence electrons. The molecule has 1 unspecified atom stereocenters. The van der Waals surface area contributed by atoms with Gasteiger partial charge in [-0.1, -0.05) is 18.2 Å². The zero-order valence-electron chi connectivity index (χ0n) is 13.4. The Balaban J connectivity index is 1.98. The number of hydrogen-bond acceptors (Lipinski definition) is 4. The van der Waals surface area contributed by atoms with E-state index < -0.39 is 23.9 Å². The van der Waals surface area contributed by atoms with Crippen LogP contribution in [0.5, 0.6) is 0 Å². The number of carbonyl (C=O) groups excluding carboxylic acids is 3. The molecule has 0 fully saturated rings. The van der Waals surface area contributed by atoms with Crippen LogP contribution in [0.4, 0.5) is 5.69 Å². The second-order valence-electron chi connectivity index (χ2n) is 5.29. The molecule has 0 radical (unpaired) electrons. The van der Waals surface area contributed by atoms with Gasteiger partial charge >= 0.3 is 5.97 Å². The number of benzene rings is 2. The van der Waals surface area contributed by atoms with Gasteiger partial charge in [0, 0.05) is 11.3 Å². The maximum atomic E-state index is 12.1. The first-order chi connectivity index (χ1) is 11.4. The van der Waals surface area contributed by atoms with E-state index in [0.717, 1.165) is 5.56 Å². The molecule has 0 aliphatic carbocycles. The van der Waals surface area contributed by atoms with E-state index in [0.29, 0.717) is 16.8 Å². The van der Waals surface area contributed by atoms with Crippen molar-refractivity contribution in [3.05, 3.63) is 65.2 Å². The van der Waals surface area contributed by atoms with Gasteiger partial charge in [-0.3, -0.25) is 9.59 Å². The average Bonchev–Trinajstić information content (AvgIpc) is 2.55. The van der Waals surface area contributed by atoms with E-state index >= 15 is 0 Å². The molecule has 2 amide bonds. The number of anilines is 1. The van der Waals surface area contributed by atoms with Gasteiger partial charge in [0.25, 0.3) is 5.91 Å². The Morgan fingerprint density at radius 3 is 2.25 bits per heavy atom. The van der Waals surface area contributed by atoms with Gasteiger partial charge in [0.05, 0.1) is 5.56 Å².